The van der Waals surface area contributed by atoms with Crippen LogP contribution >= 0.6 is 0 Å². The molecule has 0 fully saturated rings. The lowest BCUT2D eigenvalue weighted by atomic mass is 9.99. The molecule has 2 rings (SSSR count). The number of aryl methyl sites for hydroxylation is 1. The highest BCUT2D eigenvalue weighted by Crippen LogP contribution is 2.21. The molecule has 2 aromatic carbocycles. The van der Waals surface area contributed by atoms with Crippen molar-refractivity contribution in [1.29, 1.82) is 0 Å². The number of halogens is 1. The molecule has 0 saturated carbocycles. The van der Waals surface area contributed by atoms with Gasteiger partial charge in [0.25, 0.3) is 0 Å². The van der Waals surface area contributed by atoms with Crippen LogP contribution in [-0.2, 0) is 0 Å². The maximum absolute atomic E-state index is 13.6. The number of hydrogen-bond acceptors (Lipinski definition) is 3. The van der Waals surface area contributed by atoms with Gasteiger partial charge in [-0.05, 0) is 31.2 Å². The number of carbonyl (C=O) groups is 1. The van der Waals surface area contributed by atoms with Crippen molar-refractivity contribution in [3.05, 3.63) is 65.0 Å². The SMILES string of the molecule is Cc1ccc(NO)c(C(=O)c2ccccc2F)c1. The molecule has 4 heteroatoms. The van der Waals surface area contributed by atoms with Crippen LogP contribution in [0.2, 0.25) is 0 Å². The van der Waals surface area contributed by atoms with Crippen LogP contribution in [0.25, 0.3) is 0 Å². The maximum Gasteiger partial charge on any atom is 0.198 e. The number of ketones is 1. The molecule has 2 N–H and O–H groups in total. The van der Waals surface area contributed by atoms with Gasteiger partial charge in [0.2, 0.25) is 0 Å². The third kappa shape index (κ3) is 2.24. The summed E-state index contributed by atoms with van der Waals surface area (Å²) in [4.78, 5) is 12.2. The maximum atomic E-state index is 13.6. The first-order chi connectivity index (χ1) is 8.63. The van der Waals surface area contributed by atoms with Gasteiger partial charge in [-0.3, -0.25) is 15.5 Å². The first-order valence-corrected chi connectivity index (χ1v) is 5.43. The molecule has 3 nitrogen and oxygen atoms in total. The molecule has 0 aliphatic rings. The minimum absolute atomic E-state index is 0.0143. The molecule has 0 bridgehead atoms. The normalized spacial score (nSPS) is 10.2. The van der Waals surface area contributed by atoms with Crippen LogP contribution in [-0.4, -0.2) is 11.0 Å². The lowest BCUT2D eigenvalue weighted by Crippen LogP contribution is -2.08. The molecule has 0 amide bonds. The zero-order chi connectivity index (χ0) is 13.1. The van der Waals surface area contributed by atoms with Crippen LogP contribution in [0.4, 0.5) is 10.1 Å². The van der Waals surface area contributed by atoms with Gasteiger partial charge in [0.15, 0.2) is 5.78 Å². The largest absolute Gasteiger partial charge is 0.291 e. The Kier molecular flexibility index (Phi) is 3.39. The lowest BCUT2D eigenvalue weighted by Gasteiger charge is -2.09. The minimum Gasteiger partial charge on any atom is -0.291 e. The van der Waals surface area contributed by atoms with Gasteiger partial charge < -0.3 is 0 Å². The zero-order valence-electron chi connectivity index (χ0n) is 9.77. The second-order valence-corrected chi connectivity index (χ2v) is 3.97. The number of carbonyl (C=O) groups excluding carboxylic acids is 1. The van der Waals surface area contributed by atoms with E-state index >= 15 is 0 Å². The van der Waals surface area contributed by atoms with E-state index in [1.54, 1.807) is 24.3 Å². The Bertz CT molecular complexity index is 596. The topological polar surface area (TPSA) is 49.3 Å². The fraction of sp³-hybridized carbons (Fsp3) is 0.0714. The van der Waals surface area contributed by atoms with Gasteiger partial charge in [0.1, 0.15) is 5.82 Å². The lowest BCUT2D eigenvalue weighted by molar-refractivity contribution is 0.103. The van der Waals surface area contributed by atoms with E-state index in [9.17, 15) is 9.18 Å². The molecule has 92 valence electrons. The summed E-state index contributed by atoms with van der Waals surface area (Å²) in [6.07, 6.45) is 0. The molecule has 0 atom stereocenters. The Hall–Kier alpha value is -2.20. The molecular formula is C14H12FNO2. The van der Waals surface area contributed by atoms with E-state index in [4.69, 9.17) is 5.21 Å². The van der Waals surface area contributed by atoms with Crippen molar-refractivity contribution in [2.75, 3.05) is 5.48 Å². The molecule has 0 saturated heterocycles. The van der Waals surface area contributed by atoms with Gasteiger partial charge in [-0.2, -0.15) is 0 Å². The average molecular weight is 245 g/mol. The van der Waals surface area contributed by atoms with Gasteiger partial charge in [0.05, 0.1) is 11.3 Å². The highest BCUT2D eigenvalue weighted by atomic mass is 19.1. The van der Waals surface area contributed by atoms with Crippen molar-refractivity contribution in [3.63, 3.8) is 0 Å². The highest BCUT2D eigenvalue weighted by Gasteiger charge is 2.16. The van der Waals surface area contributed by atoms with Crippen LogP contribution in [0.5, 0.6) is 0 Å². The smallest absolute Gasteiger partial charge is 0.198 e. The van der Waals surface area contributed by atoms with E-state index in [1.807, 2.05) is 12.4 Å². The summed E-state index contributed by atoms with van der Waals surface area (Å²) in [5, 5.41) is 8.98. The van der Waals surface area contributed by atoms with Crippen molar-refractivity contribution in [3.8, 4) is 0 Å². The molecule has 0 heterocycles. The Morgan fingerprint density at radius 3 is 2.56 bits per heavy atom. The van der Waals surface area contributed by atoms with Gasteiger partial charge >= 0.3 is 0 Å². The van der Waals surface area contributed by atoms with Crippen LogP contribution in [0.1, 0.15) is 21.5 Å². The Morgan fingerprint density at radius 1 is 1.17 bits per heavy atom. The fourth-order valence-corrected chi connectivity index (χ4v) is 1.73. The number of hydrogen-bond donors (Lipinski definition) is 2. The van der Waals surface area contributed by atoms with Gasteiger partial charge in [-0.25, -0.2) is 4.39 Å². The summed E-state index contributed by atoms with van der Waals surface area (Å²) in [7, 11) is 0. The summed E-state index contributed by atoms with van der Waals surface area (Å²) in [6, 6.07) is 10.7. The van der Waals surface area contributed by atoms with Crippen LogP contribution in [0.15, 0.2) is 42.5 Å². The van der Waals surface area contributed by atoms with Crippen molar-refractivity contribution >= 4 is 11.5 Å². The average Bonchev–Trinajstić information content (AvgIpc) is 2.38. The second-order valence-electron chi connectivity index (χ2n) is 3.97. The number of benzene rings is 2. The summed E-state index contributed by atoms with van der Waals surface area (Å²) in [6.45, 7) is 1.82. The molecule has 0 aliphatic heterocycles. The summed E-state index contributed by atoms with van der Waals surface area (Å²) in [5.74, 6) is -1.04. The minimum atomic E-state index is -0.576. The number of rotatable bonds is 3. The standard InChI is InChI=1S/C14H12FNO2/c1-9-6-7-13(16-18)11(8-9)14(17)10-4-2-3-5-12(10)15/h2-8,16,18H,1H3. The Balaban J connectivity index is 2.52. The van der Waals surface area contributed by atoms with Crippen LogP contribution < -0.4 is 5.48 Å². The van der Waals surface area contributed by atoms with E-state index in [-0.39, 0.29) is 16.8 Å². The summed E-state index contributed by atoms with van der Waals surface area (Å²) >= 11 is 0. The predicted molar refractivity (Wildman–Crippen MR) is 66.4 cm³/mol. The quantitative estimate of drug-likeness (QED) is 0.645. The molecule has 0 unspecified atom stereocenters. The molecular weight excluding hydrogens is 233 g/mol. The van der Waals surface area contributed by atoms with Crippen LogP contribution in [0.3, 0.4) is 0 Å². The third-order valence-electron chi connectivity index (χ3n) is 2.66. The molecule has 0 radical (unpaired) electrons. The number of nitrogens with one attached hydrogen (secondary N) is 1. The van der Waals surface area contributed by atoms with E-state index in [0.29, 0.717) is 0 Å². The van der Waals surface area contributed by atoms with Crippen molar-refractivity contribution in [2.24, 2.45) is 0 Å². The molecule has 0 aliphatic carbocycles. The second kappa shape index (κ2) is 4.98. The summed E-state index contributed by atoms with van der Waals surface area (Å²) < 4.78 is 13.6. The Labute approximate surface area is 104 Å². The molecule has 2 aromatic rings. The molecule has 0 spiro atoms. The first kappa shape index (κ1) is 12.3. The van der Waals surface area contributed by atoms with Gasteiger partial charge in [-0.1, -0.05) is 23.8 Å². The predicted octanol–water partition coefficient (Wildman–Crippen LogP) is 3.17. The van der Waals surface area contributed by atoms with E-state index in [0.717, 1.165) is 5.56 Å². The monoisotopic (exact) mass is 245 g/mol. The van der Waals surface area contributed by atoms with E-state index < -0.39 is 11.6 Å². The fourth-order valence-electron chi connectivity index (χ4n) is 1.73. The van der Waals surface area contributed by atoms with Gasteiger partial charge in [-0.15, -0.1) is 0 Å². The molecule has 18 heavy (non-hydrogen) atoms. The van der Waals surface area contributed by atoms with Gasteiger partial charge in [0, 0.05) is 5.56 Å². The summed E-state index contributed by atoms with van der Waals surface area (Å²) in [5.41, 5.74) is 3.29. The third-order valence-corrected chi connectivity index (χ3v) is 2.66. The highest BCUT2D eigenvalue weighted by molar-refractivity contribution is 6.12. The van der Waals surface area contributed by atoms with Crippen molar-refractivity contribution in [1.82, 2.24) is 0 Å². The number of anilines is 1. The van der Waals surface area contributed by atoms with E-state index in [2.05, 4.69) is 0 Å². The first-order valence-electron chi connectivity index (χ1n) is 5.43. The van der Waals surface area contributed by atoms with Crippen molar-refractivity contribution < 1.29 is 14.4 Å². The van der Waals surface area contributed by atoms with Crippen molar-refractivity contribution in [2.45, 2.75) is 6.92 Å². The van der Waals surface area contributed by atoms with E-state index in [1.165, 1.54) is 18.2 Å². The Morgan fingerprint density at radius 2 is 1.89 bits per heavy atom. The molecule has 0 aromatic heterocycles. The van der Waals surface area contributed by atoms with Crippen LogP contribution in [0, 0.1) is 12.7 Å². The zero-order valence-corrected chi connectivity index (χ0v) is 9.77.